The van der Waals surface area contributed by atoms with E-state index in [9.17, 15) is 14.7 Å². The summed E-state index contributed by atoms with van der Waals surface area (Å²) in [4.78, 5) is 32.7. The number of fused-ring (bicyclic) bond motifs is 1. The minimum Gasteiger partial charge on any atom is -0.504 e. The molecule has 9 nitrogen and oxygen atoms in total. The van der Waals surface area contributed by atoms with Crippen molar-refractivity contribution in [1.82, 2.24) is 14.3 Å². The van der Waals surface area contributed by atoms with Crippen LogP contribution in [0.25, 0.3) is 6.08 Å². The molecule has 4 aromatic rings. The van der Waals surface area contributed by atoms with Crippen LogP contribution >= 0.6 is 11.3 Å². The maximum Gasteiger partial charge on any atom is 0.271 e. The Balaban J connectivity index is 1.73. The number of ether oxygens (including phenoxy) is 1. The van der Waals surface area contributed by atoms with Crippen molar-refractivity contribution in [3.05, 3.63) is 102 Å². The summed E-state index contributed by atoms with van der Waals surface area (Å²) in [5.74, 6) is -0.173. The second-order valence-electron chi connectivity index (χ2n) is 9.04. The van der Waals surface area contributed by atoms with Crippen LogP contribution in [0.1, 0.15) is 35.5 Å². The Morgan fingerprint density at radius 2 is 1.89 bits per heavy atom. The molecule has 1 amide bonds. The maximum absolute atomic E-state index is 13.9. The van der Waals surface area contributed by atoms with Crippen LogP contribution in [0.15, 0.2) is 69.6 Å². The molecule has 0 aliphatic carbocycles. The van der Waals surface area contributed by atoms with Crippen LogP contribution in [0.2, 0.25) is 0 Å². The van der Waals surface area contributed by atoms with E-state index in [2.05, 4.69) is 15.4 Å². The summed E-state index contributed by atoms with van der Waals surface area (Å²) >= 11 is 1.26. The molecule has 1 aliphatic rings. The summed E-state index contributed by atoms with van der Waals surface area (Å²) in [5, 5.41) is 17.6. The van der Waals surface area contributed by atoms with E-state index in [4.69, 9.17) is 4.74 Å². The number of phenols is 1. The Kier molecular flexibility index (Phi) is 6.50. The highest BCUT2D eigenvalue weighted by molar-refractivity contribution is 7.07. The van der Waals surface area contributed by atoms with Crippen LogP contribution < -0.4 is 24.9 Å². The van der Waals surface area contributed by atoms with Crippen molar-refractivity contribution in [2.24, 2.45) is 12.0 Å². The molecule has 0 fully saturated rings. The van der Waals surface area contributed by atoms with Gasteiger partial charge in [0.25, 0.3) is 11.5 Å². The average molecular weight is 530 g/mol. The van der Waals surface area contributed by atoms with E-state index in [1.807, 2.05) is 45.2 Å². The summed E-state index contributed by atoms with van der Waals surface area (Å²) in [5.41, 5.74) is 4.41. The number of anilines is 1. The largest absolute Gasteiger partial charge is 0.504 e. The molecule has 0 saturated carbocycles. The molecular weight excluding hydrogens is 502 g/mol. The molecule has 0 spiro atoms. The molecule has 1 aliphatic heterocycles. The van der Waals surface area contributed by atoms with E-state index in [1.54, 1.807) is 35.9 Å². The van der Waals surface area contributed by atoms with Crippen LogP contribution in [0.5, 0.6) is 11.5 Å². The van der Waals surface area contributed by atoms with Crippen molar-refractivity contribution in [3.63, 3.8) is 0 Å². The highest BCUT2D eigenvalue weighted by Gasteiger charge is 2.33. The smallest absolute Gasteiger partial charge is 0.271 e. The van der Waals surface area contributed by atoms with E-state index in [1.165, 1.54) is 29.1 Å². The number of nitrogens with one attached hydrogen (secondary N) is 1. The lowest BCUT2D eigenvalue weighted by molar-refractivity contribution is -0.113. The van der Waals surface area contributed by atoms with E-state index in [0.717, 1.165) is 17.0 Å². The van der Waals surface area contributed by atoms with Gasteiger partial charge in [0.2, 0.25) is 0 Å². The molecule has 5 rings (SSSR count). The number of phenolic OH excluding ortho intramolecular Hbond substituents is 1. The number of nitrogens with zero attached hydrogens (tertiary/aromatic N) is 4. The van der Waals surface area contributed by atoms with Gasteiger partial charge in [-0.05, 0) is 56.7 Å². The number of hydrogen-bond donors (Lipinski definition) is 2. The summed E-state index contributed by atoms with van der Waals surface area (Å²) < 4.78 is 9.13. The van der Waals surface area contributed by atoms with Crippen LogP contribution in [0.4, 0.5) is 5.69 Å². The highest BCUT2D eigenvalue weighted by atomic mass is 32.1. The molecule has 2 N–H and O–H groups in total. The van der Waals surface area contributed by atoms with Crippen molar-refractivity contribution in [1.29, 1.82) is 0 Å². The number of allylic oxidation sites excluding steroid dienone is 1. The number of hydrogen-bond acceptors (Lipinski definition) is 7. The monoisotopic (exact) mass is 529 g/mol. The number of thiazole rings is 1. The number of carbonyl (C=O) groups excluding carboxylic acids is 1. The van der Waals surface area contributed by atoms with Gasteiger partial charge in [0.15, 0.2) is 16.3 Å². The molecule has 0 saturated heterocycles. The zero-order chi connectivity index (χ0) is 27.1. The number of rotatable bonds is 5. The molecule has 3 heterocycles. The first-order valence-corrected chi connectivity index (χ1v) is 12.8. The Hall–Kier alpha value is -4.44. The highest BCUT2D eigenvalue weighted by Crippen LogP contribution is 2.35. The number of aromatic hydroxyl groups is 1. The minimum atomic E-state index is -0.789. The van der Waals surface area contributed by atoms with Crippen molar-refractivity contribution in [2.45, 2.75) is 26.8 Å². The predicted molar refractivity (Wildman–Crippen MR) is 146 cm³/mol. The summed E-state index contributed by atoms with van der Waals surface area (Å²) in [6.07, 6.45) is 1.83. The first kappa shape index (κ1) is 25.2. The first-order chi connectivity index (χ1) is 18.2. The lowest BCUT2D eigenvalue weighted by Crippen LogP contribution is -2.40. The quantitative estimate of drug-likeness (QED) is 0.413. The molecule has 0 radical (unpaired) electrons. The van der Waals surface area contributed by atoms with Gasteiger partial charge in [0, 0.05) is 24.0 Å². The third-order valence-corrected chi connectivity index (χ3v) is 7.64. The number of aromatic nitrogens is 3. The van der Waals surface area contributed by atoms with Crippen LogP contribution in [-0.2, 0) is 11.8 Å². The van der Waals surface area contributed by atoms with E-state index < -0.39 is 6.04 Å². The fourth-order valence-corrected chi connectivity index (χ4v) is 5.67. The summed E-state index contributed by atoms with van der Waals surface area (Å²) in [6.45, 7) is 5.61. The van der Waals surface area contributed by atoms with Gasteiger partial charge in [-0.15, -0.1) is 0 Å². The topological polar surface area (TPSA) is 111 Å². The van der Waals surface area contributed by atoms with Crippen molar-refractivity contribution < 1.29 is 14.6 Å². The molecular formula is C28H27N5O4S. The average Bonchev–Trinajstić information content (AvgIpc) is 3.33. The standard InChI is InChI=1S/C28H27N5O4S/c1-15-20(17(3)32(4)31-15)14-23-27(36)33-25(18-11-12-21(34)22(13-18)37-5)24(16(2)29-28(33)38-23)26(35)30-19-9-7-6-8-10-19/h6-14,25,34H,1-5H3,(H,30,35)/b23-14+/t25-/m0/s1. The molecule has 2 aromatic carbocycles. The predicted octanol–water partition coefficient (Wildman–Crippen LogP) is 2.94. The summed E-state index contributed by atoms with van der Waals surface area (Å²) in [6, 6.07) is 13.1. The van der Waals surface area contributed by atoms with Crippen LogP contribution in [0, 0.1) is 13.8 Å². The molecule has 38 heavy (non-hydrogen) atoms. The third-order valence-electron chi connectivity index (χ3n) is 6.66. The molecule has 10 heteroatoms. The van der Waals surface area contributed by atoms with Gasteiger partial charge in [0.05, 0.1) is 34.6 Å². The first-order valence-electron chi connectivity index (χ1n) is 12.0. The third kappa shape index (κ3) is 4.32. The van der Waals surface area contributed by atoms with Crippen molar-refractivity contribution >= 4 is 29.0 Å². The van der Waals surface area contributed by atoms with Gasteiger partial charge in [-0.1, -0.05) is 35.6 Å². The summed E-state index contributed by atoms with van der Waals surface area (Å²) in [7, 11) is 3.31. The lowest BCUT2D eigenvalue weighted by atomic mass is 9.94. The lowest BCUT2D eigenvalue weighted by Gasteiger charge is -2.25. The molecule has 2 aromatic heterocycles. The van der Waals surface area contributed by atoms with E-state index in [-0.39, 0.29) is 23.0 Å². The van der Waals surface area contributed by atoms with Crippen LogP contribution in [-0.4, -0.2) is 32.5 Å². The molecule has 194 valence electrons. The van der Waals surface area contributed by atoms with Gasteiger partial charge in [-0.3, -0.25) is 18.8 Å². The fourth-order valence-electron chi connectivity index (χ4n) is 4.64. The Labute approximate surface area is 222 Å². The normalized spacial score (nSPS) is 15.3. The molecule has 0 bridgehead atoms. The second kappa shape index (κ2) is 9.79. The Bertz CT molecular complexity index is 1780. The van der Waals surface area contributed by atoms with E-state index >= 15 is 0 Å². The minimum absolute atomic E-state index is 0.0397. The number of para-hydroxylation sites is 1. The molecule has 0 unspecified atom stereocenters. The Morgan fingerprint density at radius 3 is 2.55 bits per heavy atom. The van der Waals surface area contributed by atoms with Gasteiger partial charge in [-0.25, -0.2) is 4.99 Å². The fraction of sp³-hybridized carbons (Fsp3) is 0.214. The Morgan fingerprint density at radius 1 is 1.16 bits per heavy atom. The van der Waals surface area contributed by atoms with Crippen LogP contribution in [0.3, 0.4) is 0 Å². The number of aryl methyl sites for hydroxylation is 2. The maximum atomic E-state index is 13.9. The zero-order valence-electron chi connectivity index (χ0n) is 21.6. The van der Waals surface area contributed by atoms with E-state index in [0.29, 0.717) is 31.9 Å². The SMILES string of the molecule is COc1cc([C@H]2C(C(=O)Nc3ccccc3)=C(C)N=c3s/c(=C/c4c(C)nn(C)c4C)c(=O)n32)ccc1O. The number of methoxy groups -OCH3 is 1. The number of amides is 1. The molecule has 1 atom stereocenters. The van der Waals surface area contributed by atoms with Crippen molar-refractivity contribution in [2.75, 3.05) is 12.4 Å². The van der Waals surface area contributed by atoms with Crippen molar-refractivity contribution in [3.8, 4) is 11.5 Å². The van der Waals surface area contributed by atoms with Gasteiger partial charge >= 0.3 is 0 Å². The second-order valence-corrected chi connectivity index (χ2v) is 10.1. The number of carbonyl (C=O) groups is 1. The van der Waals surface area contributed by atoms with Gasteiger partial charge in [0.1, 0.15) is 0 Å². The van der Waals surface area contributed by atoms with Gasteiger partial charge in [-0.2, -0.15) is 5.10 Å². The zero-order valence-corrected chi connectivity index (χ0v) is 22.5. The number of benzene rings is 2. The van der Waals surface area contributed by atoms with Gasteiger partial charge < -0.3 is 15.2 Å².